The SMILES string of the molecule is CC(=O)c1cccc(S(=O)(=O)N2CCCC2c2cccs2)c1. The Morgan fingerprint density at radius 3 is 2.77 bits per heavy atom. The predicted octanol–water partition coefficient (Wildman–Crippen LogP) is 3.48. The van der Waals surface area contributed by atoms with Gasteiger partial charge in [-0.2, -0.15) is 4.31 Å². The lowest BCUT2D eigenvalue weighted by molar-refractivity contribution is 0.101. The van der Waals surface area contributed by atoms with Crippen LogP contribution in [0, 0.1) is 0 Å². The molecule has 1 saturated heterocycles. The third-order valence-electron chi connectivity index (χ3n) is 3.92. The largest absolute Gasteiger partial charge is 0.295 e. The smallest absolute Gasteiger partial charge is 0.243 e. The lowest BCUT2D eigenvalue weighted by Gasteiger charge is -2.23. The van der Waals surface area contributed by atoms with Gasteiger partial charge in [0.1, 0.15) is 0 Å². The van der Waals surface area contributed by atoms with E-state index in [1.165, 1.54) is 13.0 Å². The maximum atomic E-state index is 12.9. The highest BCUT2D eigenvalue weighted by molar-refractivity contribution is 7.89. The van der Waals surface area contributed by atoms with Gasteiger partial charge in [0.15, 0.2) is 5.78 Å². The number of nitrogens with zero attached hydrogens (tertiary/aromatic N) is 1. The summed E-state index contributed by atoms with van der Waals surface area (Å²) >= 11 is 1.58. The molecule has 1 aliphatic heterocycles. The third-order valence-corrected chi connectivity index (χ3v) is 6.80. The Morgan fingerprint density at radius 1 is 1.27 bits per heavy atom. The Hall–Kier alpha value is -1.50. The number of hydrogen-bond donors (Lipinski definition) is 0. The van der Waals surface area contributed by atoms with Crippen molar-refractivity contribution in [3.05, 3.63) is 52.2 Å². The molecule has 1 aromatic heterocycles. The zero-order chi connectivity index (χ0) is 15.7. The lowest BCUT2D eigenvalue weighted by Crippen LogP contribution is -2.30. The van der Waals surface area contributed by atoms with Crippen LogP contribution in [0.15, 0.2) is 46.7 Å². The van der Waals surface area contributed by atoms with Crippen molar-refractivity contribution in [1.82, 2.24) is 4.31 Å². The zero-order valence-corrected chi connectivity index (χ0v) is 13.9. The summed E-state index contributed by atoms with van der Waals surface area (Å²) in [5.74, 6) is -0.131. The summed E-state index contributed by atoms with van der Waals surface area (Å²) in [7, 11) is -3.58. The highest BCUT2D eigenvalue weighted by atomic mass is 32.2. The second-order valence-electron chi connectivity index (χ2n) is 5.37. The molecular weight excluding hydrogens is 318 g/mol. The standard InChI is InChI=1S/C16H17NO3S2/c1-12(18)13-5-2-6-14(11-13)22(19,20)17-9-3-7-15(17)16-8-4-10-21-16/h2,4-6,8,10-11,15H,3,7,9H2,1H3. The van der Waals surface area contributed by atoms with Gasteiger partial charge in [-0.3, -0.25) is 4.79 Å². The molecule has 1 fully saturated rings. The van der Waals surface area contributed by atoms with E-state index in [9.17, 15) is 13.2 Å². The van der Waals surface area contributed by atoms with Crippen molar-refractivity contribution in [1.29, 1.82) is 0 Å². The summed E-state index contributed by atoms with van der Waals surface area (Å²) in [6.45, 7) is 1.96. The van der Waals surface area contributed by atoms with Gasteiger partial charge in [-0.1, -0.05) is 18.2 Å². The molecule has 0 aliphatic carbocycles. The Bertz CT molecular complexity index is 781. The van der Waals surface area contributed by atoms with E-state index in [2.05, 4.69) is 0 Å². The van der Waals surface area contributed by atoms with Crippen molar-refractivity contribution in [3.8, 4) is 0 Å². The van der Waals surface area contributed by atoms with Crippen molar-refractivity contribution in [2.45, 2.75) is 30.7 Å². The fourth-order valence-corrected chi connectivity index (χ4v) is 5.46. The normalized spacial score (nSPS) is 19.4. The van der Waals surface area contributed by atoms with Crippen molar-refractivity contribution in [2.75, 3.05) is 6.54 Å². The van der Waals surface area contributed by atoms with Gasteiger partial charge >= 0.3 is 0 Å². The molecule has 0 amide bonds. The minimum absolute atomic E-state index is 0.0917. The molecule has 2 heterocycles. The van der Waals surface area contributed by atoms with E-state index in [4.69, 9.17) is 0 Å². The Morgan fingerprint density at radius 2 is 2.09 bits per heavy atom. The number of hydrogen-bond acceptors (Lipinski definition) is 4. The Labute approximate surface area is 134 Å². The van der Waals surface area contributed by atoms with Gasteiger partial charge in [0, 0.05) is 17.0 Å². The fourth-order valence-electron chi connectivity index (χ4n) is 2.80. The third kappa shape index (κ3) is 2.74. The molecule has 0 N–H and O–H groups in total. The molecule has 1 unspecified atom stereocenters. The number of carbonyl (C=O) groups is 1. The second-order valence-corrected chi connectivity index (χ2v) is 8.24. The highest BCUT2D eigenvalue weighted by Gasteiger charge is 2.36. The van der Waals surface area contributed by atoms with Gasteiger partial charge in [-0.05, 0) is 43.3 Å². The van der Waals surface area contributed by atoms with Crippen LogP contribution < -0.4 is 0 Å². The number of benzene rings is 1. The Balaban J connectivity index is 1.99. The summed E-state index contributed by atoms with van der Waals surface area (Å²) in [6.07, 6.45) is 1.69. The number of sulfonamides is 1. The van der Waals surface area contributed by atoms with E-state index in [1.54, 1.807) is 33.8 Å². The molecule has 1 atom stereocenters. The fraction of sp³-hybridized carbons (Fsp3) is 0.312. The molecule has 6 heteroatoms. The molecule has 3 rings (SSSR count). The van der Waals surface area contributed by atoms with Crippen molar-refractivity contribution in [2.24, 2.45) is 0 Å². The van der Waals surface area contributed by atoms with Crippen LogP contribution in [0.4, 0.5) is 0 Å². The van der Waals surface area contributed by atoms with Gasteiger partial charge in [0.25, 0.3) is 0 Å². The molecular formula is C16H17NO3S2. The first-order valence-corrected chi connectivity index (χ1v) is 9.48. The van der Waals surface area contributed by atoms with E-state index in [1.807, 2.05) is 17.5 Å². The van der Waals surface area contributed by atoms with Crippen LogP contribution >= 0.6 is 11.3 Å². The average molecular weight is 335 g/mol. The van der Waals surface area contributed by atoms with Crippen LogP contribution in [0.5, 0.6) is 0 Å². The molecule has 0 saturated carbocycles. The highest BCUT2D eigenvalue weighted by Crippen LogP contribution is 2.38. The van der Waals surface area contributed by atoms with Crippen LogP contribution in [0.3, 0.4) is 0 Å². The number of rotatable bonds is 4. The first-order chi connectivity index (χ1) is 10.5. The number of Topliss-reactive ketones (excluding diaryl/α,β-unsaturated/α-hetero) is 1. The van der Waals surface area contributed by atoms with Crippen LogP contribution in [-0.4, -0.2) is 25.1 Å². The number of thiophene rings is 1. The molecule has 22 heavy (non-hydrogen) atoms. The topological polar surface area (TPSA) is 54.5 Å². The first-order valence-electron chi connectivity index (χ1n) is 7.16. The summed E-state index contributed by atoms with van der Waals surface area (Å²) in [5, 5.41) is 1.97. The average Bonchev–Trinajstić information content (AvgIpc) is 3.18. The quantitative estimate of drug-likeness (QED) is 0.804. The Kier molecular flexibility index (Phi) is 4.16. The maximum absolute atomic E-state index is 12.9. The predicted molar refractivity (Wildman–Crippen MR) is 86.6 cm³/mol. The summed E-state index contributed by atoms with van der Waals surface area (Å²) in [4.78, 5) is 12.8. The van der Waals surface area contributed by atoms with E-state index >= 15 is 0 Å². The van der Waals surface area contributed by atoms with Gasteiger partial charge in [-0.15, -0.1) is 11.3 Å². The molecule has 0 radical (unpaired) electrons. The van der Waals surface area contributed by atoms with Crippen molar-refractivity contribution in [3.63, 3.8) is 0 Å². The van der Waals surface area contributed by atoms with E-state index in [-0.39, 0.29) is 16.7 Å². The summed E-state index contributed by atoms with van der Waals surface area (Å²) < 4.78 is 27.4. The van der Waals surface area contributed by atoms with Crippen LogP contribution in [0.2, 0.25) is 0 Å². The van der Waals surface area contributed by atoms with E-state index < -0.39 is 10.0 Å². The van der Waals surface area contributed by atoms with Gasteiger partial charge in [-0.25, -0.2) is 8.42 Å². The first kappa shape index (κ1) is 15.4. The minimum atomic E-state index is -3.58. The van der Waals surface area contributed by atoms with E-state index in [0.717, 1.165) is 17.7 Å². The monoisotopic (exact) mass is 335 g/mol. The van der Waals surface area contributed by atoms with Crippen molar-refractivity contribution < 1.29 is 13.2 Å². The minimum Gasteiger partial charge on any atom is -0.295 e. The second kappa shape index (κ2) is 5.95. The van der Waals surface area contributed by atoms with Crippen LogP contribution in [-0.2, 0) is 10.0 Å². The maximum Gasteiger partial charge on any atom is 0.243 e. The molecule has 4 nitrogen and oxygen atoms in total. The zero-order valence-electron chi connectivity index (χ0n) is 12.2. The molecule has 0 bridgehead atoms. The number of ketones is 1. The van der Waals surface area contributed by atoms with Crippen LogP contribution in [0.1, 0.15) is 41.0 Å². The van der Waals surface area contributed by atoms with Gasteiger partial charge < -0.3 is 0 Å². The van der Waals surface area contributed by atoms with Crippen molar-refractivity contribution >= 4 is 27.1 Å². The van der Waals surface area contributed by atoms with Gasteiger partial charge in [0.05, 0.1) is 10.9 Å². The molecule has 1 aliphatic rings. The van der Waals surface area contributed by atoms with E-state index in [0.29, 0.717) is 12.1 Å². The summed E-state index contributed by atoms with van der Waals surface area (Å²) in [6, 6.07) is 10.1. The molecule has 1 aromatic carbocycles. The lowest BCUT2D eigenvalue weighted by atomic mass is 10.2. The van der Waals surface area contributed by atoms with Gasteiger partial charge in [0.2, 0.25) is 10.0 Å². The molecule has 0 spiro atoms. The number of carbonyl (C=O) groups excluding carboxylic acids is 1. The molecule has 116 valence electrons. The van der Waals surface area contributed by atoms with Crippen LogP contribution in [0.25, 0.3) is 0 Å². The summed E-state index contributed by atoms with van der Waals surface area (Å²) in [5.41, 5.74) is 0.424. The molecule has 2 aromatic rings.